The standard InChI is InChI=1S/C10H20O4Si.C5H16OSi2.C4H6O3.C2H6/c1-5-13-10(11)14-8-6-7-9-15(3,4)12-2;1-7(2)6-8(3,4)5;1-3-7-4(5)6-2;1-2/h5H,1,6-9H2,2-4H3;7H,1-5H3;3H,1H2,2H3;1-2H3. The minimum absolute atomic E-state index is 0.390. The number of carbonyl (C=O) groups excluding carboxylic acids is 2. The zero-order valence-corrected chi connectivity index (χ0v) is 25.4. The average molecular weight is 513 g/mol. The van der Waals surface area contributed by atoms with Crippen LogP contribution in [0.3, 0.4) is 0 Å². The summed E-state index contributed by atoms with van der Waals surface area (Å²) in [5.41, 5.74) is 0. The first kappa shape index (κ1) is 37.9. The number of ether oxygens (including phenoxy) is 4. The molecule has 0 saturated carbocycles. The maximum absolute atomic E-state index is 10.7. The molecule has 0 aromatic heterocycles. The molecule has 0 aliphatic rings. The molecule has 0 amide bonds. The minimum Gasteiger partial charge on any atom is -0.458 e. The van der Waals surface area contributed by atoms with Crippen molar-refractivity contribution < 1.29 is 37.1 Å². The van der Waals surface area contributed by atoms with Crippen molar-refractivity contribution in [2.24, 2.45) is 0 Å². The second kappa shape index (κ2) is 24.2. The van der Waals surface area contributed by atoms with Gasteiger partial charge in [-0.15, -0.1) is 0 Å². The van der Waals surface area contributed by atoms with Gasteiger partial charge >= 0.3 is 12.3 Å². The van der Waals surface area contributed by atoms with Crippen molar-refractivity contribution in [3.63, 3.8) is 0 Å². The lowest BCUT2D eigenvalue weighted by molar-refractivity contribution is 0.0837. The summed E-state index contributed by atoms with van der Waals surface area (Å²) in [7, 11) is -0.368. The third-order valence-electron chi connectivity index (χ3n) is 3.06. The van der Waals surface area contributed by atoms with Gasteiger partial charge in [-0.1, -0.05) is 33.4 Å². The van der Waals surface area contributed by atoms with Crippen LogP contribution in [0.1, 0.15) is 26.7 Å². The quantitative estimate of drug-likeness (QED) is 0.139. The molecule has 0 saturated heterocycles. The fourth-order valence-electron chi connectivity index (χ4n) is 1.84. The summed E-state index contributed by atoms with van der Waals surface area (Å²) in [6, 6.07) is 1.07. The number of unbranched alkanes of at least 4 members (excludes halogenated alkanes) is 1. The van der Waals surface area contributed by atoms with Gasteiger partial charge in [0, 0.05) is 7.11 Å². The largest absolute Gasteiger partial charge is 0.513 e. The molecule has 32 heavy (non-hydrogen) atoms. The minimum atomic E-state index is -1.46. The lowest BCUT2D eigenvalue weighted by Crippen LogP contribution is -2.31. The molecule has 0 rings (SSSR count). The molecule has 8 nitrogen and oxygen atoms in total. The van der Waals surface area contributed by atoms with E-state index in [9.17, 15) is 9.59 Å². The zero-order chi connectivity index (χ0) is 26.2. The number of carbonyl (C=O) groups is 2. The Hall–Kier alpha value is -1.41. The van der Waals surface area contributed by atoms with E-state index in [1.165, 1.54) is 7.11 Å². The highest BCUT2D eigenvalue weighted by atomic mass is 28.4. The molecule has 0 aromatic carbocycles. The molecular formula is C21H48O8Si3. The highest BCUT2D eigenvalue weighted by Crippen LogP contribution is 2.13. The van der Waals surface area contributed by atoms with Gasteiger partial charge in [-0.05, 0) is 58.3 Å². The highest BCUT2D eigenvalue weighted by molar-refractivity contribution is 6.76. The van der Waals surface area contributed by atoms with Crippen molar-refractivity contribution >= 4 is 38.0 Å². The monoisotopic (exact) mass is 512 g/mol. The van der Waals surface area contributed by atoms with Crippen molar-refractivity contribution in [2.45, 2.75) is 78.6 Å². The van der Waals surface area contributed by atoms with Crippen LogP contribution in [0.15, 0.2) is 25.7 Å². The Morgan fingerprint density at radius 3 is 1.62 bits per heavy atom. The molecule has 11 heteroatoms. The molecule has 0 unspecified atom stereocenters. The van der Waals surface area contributed by atoms with Crippen molar-refractivity contribution in [3.8, 4) is 0 Å². The van der Waals surface area contributed by atoms with E-state index in [1.54, 1.807) is 7.11 Å². The summed E-state index contributed by atoms with van der Waals surface area (Å²) in [4.78, 5) is 20.6. The van der Waals surface area contributed by atoms with E-state index in [0.29, 0.717) is 6.61 Å². The van der Waals surface area contributed by atoms with Crippen LogP contribution in [0.4, 0.5) is 9.59 Å². The van der Waals surface area contributed by atoms with Crippen LogP contribution in [0, 0.1) is 0 Å². The Labute approximate surface area is 200 Å². The predicted molar refractivity (Wildman–Crippen MR) is 140 cm³/mol. The van der Waals surface area contributed by atoms with Crippen LogP contribution < -0.4 is 0 Å². The maximum Gasteiger partial charge on any atom is 0.513 e. The van der Waals surface area contributed by atoms with E-state index in [4.69, 9.17) is 13.3 Å². The van der Waals surface area contributed by atoms with Crippen molar-refractivity contribution in [2.75, 3.05) is 20.8 Å². The second-order valence-corrected chi connectivity index (χ2v) is 19.5. The van der Waals surface area contributed by atoms with E-state index < -0.39 is 38.0 Å². The molecule has 0 aliphatic carbocycles. The topological polar surface area (TPSA) is 89.5 Å². The Balaban J connectivity index is -0.000000194. The molecule has 0 aromatic rings. The summed E-state index contributed by atoms with van der Waals surface area (Å²) >= 11 is 0. The van der Waals surface area contributed by atoms with E-state index in [-0.39, 0.29) is 0 Å². The predicted octanol–water partition coefficient (Wildman–Crippen LogP) is 6.68. The van der Waals surface area contributed by atoms with Gasteiger partial charge in [0.2, 0.25) is 0 Å². The fourth-order valence-corrected chi connectivity index (χ4v) is 8.80. The summed E-state index contributed by atoms with van der Waals surface area (Å²) in [6.07, 6.45) is 2.48. The number of hydrogen-bond acceptors (Lipinski definition) is 8. The molecule has 0 atom stereocenters. The van der Waals surface area contributed by atoms with Gasteiger partial charge in [-0.3, -0.25) is 0 Å². The van der Waals surface area contributed by atoms with Gasteiger partial charge in [0.05, 0.1) is 26.2 Å². The summed E-state index contributed by atoms with van der Waals surface area (Å²) < 4.78 is 28.4. The maximum atomic E-state index is 10.7. The van der Waals surface area contributed by atoms with Gasteiger partial charge in [0.25, 0.3) is 0 Å². The highest BCUT2D eigenvalue weighted by Gasteiger charge is 2.19. The molecule has 0 fully saturated rings. The summed E-state index contributed by atoms with van der Waals surface area (Å²) in [6.45, 7) is 26.3. The van der Waals surface area contributed by atoms with Crippen molar-refractivity contribution in [1.29, 1.82) is 0 Å². The number of rotatable bonds is 10. The van der Waals surface area contributed by atoms with Crippen molar-refractivity contribution in [1.82, 2.24) is 0 Å². The van der Waals surface area contributed by atoms with Crippen LogP contribution in [-0.4, -0.2) is 58.8 Å². The SMILES string of the molecule is C=COC(=O)OC.C=COC(=O)OCCCC[Si](C)(C)OC.CC.C[SiH](C)O[Si](C)(C)C. The van der Waals surface area contributed by atoms with Crippen LogP contribution in [0.25, 0.3) is 0 Å². The Morgan fingerprint density at radius 2 is 1.34 bits per heavy atom. The number of hydrogen-bond donors (Lipinski definition) is 0. The first-order valence-corrected chi connectivity index (χ1v) is 20.1. The van der Waals surface area contributed by atoms with Gasteiger partial charge in [0.1, 0.15) is 0 Å². The van der Waals surface area contributed by atoms with E-state index in [1.807, 2.05) is 13.8 Å². The van der Waals surface area contributed by atoms with Crippen LogP contribution in [0.5, 0.6) is 0 Å². The van der Waals surface area contributed by atoms with E-state index in [2.05, 4.69) is 73.2 Å². The smallest absolute Gasteiger partial charge is 0.458 e. The zero-order valence-electron chi connectivity index (χ0n) is 22.2. The summed E-state index contributed by atoms with van der Waals surface area (Å²) in [5.74, 6) is 0. The Bertz CT molecular complexity index is 478. The normalized spacial score (nSPS) is 10.0. The van der Waals surface area contributed by atoms with Gasteiger partial charge in [-0.25, -0.2) is 9.59 Å². The lowest BCUT2D eigenvalue weighted by Gasteiger charge is -2.19. The third-order valence-corrected chi connectivity index (χ3v) is 10.4. The van der Waals surface area contributed by atoms with Gasteiger partial charge in [-0.2, -0.15) is 0 Å². The second-order valence-electron chi connectivity index (χ2n) is 7.82. The van der Waals surface area contributed by atoms with Crippen LogP contribution >= 0.6 is 0 Å². The van der Waals surface area contributed by atoms with Crippen LogP contribution in [-0.2, 0) is 27.5 Å². The fraction of sp³-hybridized carbons (Fsp3) is 0.714. The average Bonchev–Trinajstić information content (AvgIpc) is 2.68. The van der Waals surface area contributed by atoms with Gasteiger partial charge in [0.15, 0.2) is 25.7 Å². The molecule has 0 spiro atoms. The molecule has 0 radical (unpaired) electrons. The molecule has 0 aliphatic heterocycles. The molecule has 0 bridgehead atoms. The lowest BCUT2D eigenvalue weighted by atomic mass is 10.4. The Kier molecular flexibility index (Phi) is 28.7. The first-order valence-electron chi connectivity index (χ1n) is 10.8. The summed E-state index contributed by atoms with van der Waals surface area (Å²) in [5, 5.41) is 0. The molecule has 0 N–H and O–H groups in total. The number of methoxy groups -OCH3 is 1. The van der Waals surface area contributed by atoms with Gasteiger partial charge < -0.3 is 27.5 Å². The molecule has 192 valence electrons. The van der Waals surface area contributed by atoms with E-state index >= 15 is 0 Å². The van der Waals surface area contributed by atoms with Crippen LogP contribution in [0.2, 0.25) is 51.9 Å². The van der Waals surface area contributed by atoms with Crippen molar-refractivity contribution in [3.05, 3.63) is 25.7 Å². The molecule has 0 heterocycles. The third kappa shape index (κ3) is 39.1. The first-order chi connectivity index (χ1) is 14.7. The van der Waals surface area contributed by atoms with E-state index in [0.717, 1.165) is 31.4 Å². The Morgan fingerprint density at radius 1 is 0.875 bits per heavy atom. The molecular weight excluding hydrogens is 464 g/mol.